The Labute approximate surface area is 585 Å². The number of nitrogens with zero attached hydrogens (tertiary/aromatic N) is 19. The molecule has 15 heterocycles. The second-order valence-corrected chi connectivity index (χ2v) is 21.4. The van der Waals surface area contributed by atoms with E-state index in [1.54, 1.807) is 150 Å². The van der Waals surface area contributed by atoms with Crippen molar-refractivity contribution in [1.29, 1.82) is 0 Å². The normalized spacial score (nSPS) is 10.0. The second-order valence-electron chi connectivity index (χ2n) is 19.2. The zero-order valence-electron chi connectivity index (χ0n) is 58.4. The van der Waals surface area contributed by atoms with Gasteiger partial charge in [0.15, 0.2) is 6.39 Å². The summed E-state index contributed by atoms with van der Waals surface area (Å²) in [6.07, 6.45) is 55.4. The van der Waals surface area contributed by atoms with Gasteiger partial charge in [-0.25, -0.2) is 15.0 Å². The molecule has 16 rings (SSSR count). The van der Waals surface area contributed by atoms with E-state index >= 15 is 0 Å². The largest absolute Gasteiger partial charge is 0.470 e. The lowest BCUT2D eigenvalue weighted by Crippen LogP contribution is -2.08. The molecule has 0 saturated carbocycles. The van der Waals surface area contributed by atoms with Crippen molar-refractivity contribution in [3.63, 3.8) is 0 Å². The fourth-order valence-corrected chi connectivity index (χ4v) is 6.68. The van der Waals surface area contributed by atoms with Crippen LogP contribution in [-0.4, -0.2) is 104 Å². The highest BCUT2D eigenvalue weighted by atomic mass is 32.1. The molecule has 2 aliphatic rings. The van der Waals surface area contributed by atoms with Crippen LogP contribution in [0.15, 0.2) is 314 Å². The van der Waals surface area contributed by atoms with Crippen molar-refractivity contribution in [3.05, 3.63) is 332 Å². The highest BCUT2D eigenvalue weighted by Gasteiger charge is 1.98. The van der Waals surface area contributed by atoms with Gasteiger partial charge >= 0.3 is 0 Å². The Balaban J connectivity index is 0.000000523. The molecule has 14 aromatic rings. The molecule has 0 radical (unpaired) electrons. The number of aryl methyl sites for hydroxylation is 11. The van der Waals surface area contributed by atoms with E-state index in [2.05, 4.69) is 113 Å². The van der Waals surface area contributed by atoms with Crippen LogP contribution in [0.2, 0.25) is 0 Å². The molecule has 24 nitrogen and oxygen atoms in total. The smallest absolute Gasteiger partial charge is 0.227 e. The summed E-state index contributed by atoms with van der Waals surface area (Å²) in [4.78, 5) is 40.8. The SMILES string of the molecule is CC1=C(C)CC=C1.CCn1cccn1.Cc1ccco1.Cc1nccn1C.Cc1nccn1C.Cc1nccs1.Cc1nccs1.Cn1cccc1.Cn1cccn1.Cn1cccn1.O=C1CC=CN1.c1ccncc1.c1ccncc1.c1ccncc1.c1cn[nH]n1.c1cocn1. The molecule has 2 N–H and O–H groups in total. The third kappa shape index (κ3) is 53.8. The average Bonchev–Trinajstić information content (AvgIpc) is 3.64. The van der Waals surface area contributed by atoms with Gasteiger partial charge in [-0.05, 0) is 141 Å². The summed E-state index contributed by atoms with van der Waals surface area (Å²) in [5, 5.41) is 29.7. The van der Waals surface area contributed by atoms with Gasteiger partial charge in [0.2, 0.25) is 5.91 Å². The monoisotopic (exact) mass is 1370 g/mol. The zero-order valence-corrected chi connectivity index (χ0v) is 60.0. The standard InChI is InChI=1S/C7H10.3C5H8N2.C5H7N.3C5H5N.C5H6O.2C4H6N2.C4H5NO.2C4H5NS.C3H3NO.C2H3N3/c1-6-4-3-5-7(6)2;2*1-5-6-3-4-7(5)2;1-2-7-5-3-4-6-7;1-6-4-2-3-5-6;3*1-2-4-6-5-3-1;1-5-3-2-4-6-5;2*1-6-4-2-3-5-6;6-4-2-1-3-5-4;2*1-4-5-2-3-6-4;1-2-5-3-4-1;1-2-4-5-3-1/h3-4H,5H2,1-2H3;2*3-4H,1-2H3;3-5H,2H2,1H3;2-5H,1H3;3*1-5H;3*2-4H,1H3;1,3H,2H2,(H,5,6);2*2-3H,1H3;1-3H;1-2H,(H,3,4,5). The number of aromatic nitrogens is 20. The molecule has 0 fully saturated rings. The third-order valence-electron chi connectivity index (χ3n) is 11.3. The topological polar surface area (TPSA) is 268 Å². The molecule has 98 heavy (non-hydrogen) atoms. The van der Waals surface area contributed by atoms with E-state index in [1.807, 2.05) is 239 Å². The van der Waals surface area contributed by atoms with Crippen LogP contribution >= 0.6 is 22.7 Å². The fraction of sp³-hybridized carbons (Fsp3) is 0.222. The van der Waals surface area contributed by atoms with Crippen molar-refractivity contribution in [2.45, 2.75) is 74.8 Å². The summed E-state index contributed by atoms with van der Waals surface area (Å²) >= 11 is 3.33. The molecule has 0 unspecified atom stereocenters. The summed E-state index contributed by atoms with van der Waals surface area (Å²) in [7, 11) is 9.73. The number of allylic oxidation sites excluding steroid dienone is 4. The van der Waals surface area contributed by atoms with E-state index in [0.29, 0.717) is 6.42 Å². The number of amides is 1. The lowest BCUT2D eigenvalue weighted by molar-refractivity contribution is -0.118. The van der Waals surface area contributed by atoms with Crippen molar-refractivity contribution in [3.8, 4) is 0 Å². The van der Waals surface area contributed by atoms with Crippen LogP contribution in [0.4, 0.5) is 0 Å². The average molecular weight is 1370 g/mol. The van der Waals surface area contributed by atoms with Crippen LogP contribution in [0, 0.1) is 34.6 Å². The van der Waals surface area contributed by atoms with Crippen molar-refractivity contribution in [2.75, 3.05) is 0 Å². The zero-order chi connectivity index (χ0) is 71.6. The molecule has 26 heteroatoms. The van der Waals surface area contributed by atoms with Gasteiger partial charge in [0.1, 0.15) is 23.7 Å². The minimum atomic E-state index is 0.0926. The Hall–Kier alpha value is -11.6. The van der Waals surface area contributed by atoms with Crippen LogP contribution in [0.5, 0.6) is 0 Å². The Kier molecular flexibility index (Phi) is 51.9. The molecular formula is C72H95N21O3S2. The first kappa shape index (κ1) is 84.4. The van der Waals surface area contributed by atoms with E-state index in [1.165, 1.54) is 30.2 Å². The Morgan fingerprint density at radius 3 is 1.09 bits per heavy atom. The number of aromatic amines is 1. The predicted octanol–water partition coefficient (Wildman–Crippen LogP) is 14.7. The molecule has 0 aromatic carbocycles. The van der Waals surface area contributed by atoms with Crippen LogP contribution < -0.4 is 5.32 Å². The molecule has 0 bridgehead atoms. The Morgan fingerprint density at radius 2 is 0.969 bits per heavy atom. The van der Waals surface area contributed by atoms with Crippen molar-refractivity contribution >= 4 is 28.6 Å². The number of oxazole rings is 1. The van der Waals surface area contributed by atoms with Gasteiger partial charge in [0.05, 0.1) is 34.9 Å². The van der Waals surface area contributed by atoms with E-state index in [9.17, 15) is 4.79 Å². The number of nitrogens with one attached hydrogen (secondary N) is 2. The number of imidazole rings is 2. The van der Waals surface area contributed by atoms with Crippen LogP contribution in [0.3, 0.4) is 0 Å². The molecular weight excluding hydrogens is 1270 g/mol. The van der Waals surface area contributed by atoms with Gasteiger partial charge in [-0.1, -0.05) is 47.6 Å². The first-order valence-corrected chi connectivity index (χ1v) is 32.3. The third-order valence-corrected chi connectivity index (χ3v) is 12.7. The van der Waals surface area contributed by atoms with E-state index < -0.39 is 0 Å². The maximum atomic E-state index is 10.1. The summed E-state index contributed by atoms with van der Waals surface area (Å²) in [5.41, 5.74) is 2.96. The van der Waals surface area contributed by atoms with Crippen LogP contribution in [0.25, 0.3) is 0 Å². The minimum absolute atomic E-state index is 0.0926. The van der Waals surface area contributed by atoms with Gasteiger partial charge in [0.25, 0.3) is 0 Å². The maximum Gasteiger partial charge on any atom is 0.227 e. The van der Waals surface area contributed by atoms with Crippen molar-refractivity contribution in [1.82, 2.24) is 104 Å². The maximum absolute atomic E-state index is 10.1. The van der Waals surface area contributed by atoms with E-state index in [0.717, 1.165) is 34.0 Å². The lowest BCUT2D eigenvalue weighted by Gasteiger charge is -1.87. The van der Waals surface area contributed by atoms with Crippen molar-refractivity contribution < 1.29 is 13.6 Å². The summed E-state index contributed by atoms with van der Waals surface area (Å²) in [6, 6.07) is 30.6. The number of furan rings is 1. The highest BCUT2D eigenvalue weighted by Crippen LogP contribution is 2.16. The molecule has 1 aliphatic carbocycles. The lowest BCUT2D eigenvalue weighted by atomic mass is 10.2. The second kappa shape index (κ2) is 60.3. The summed E-state index contributed by atoms with van der Waals surface area (Å²) < 4.78 is 20.6. The number of pyridine rings is 3. The molecule has 14 aromatic heterocycles. The van der Waals surface area contributed by atoms with Crippen molar-refractivity contribution in [2.24, 2.45) is 35.2 Å². The molecule has 1 aliphatic heterocycles. The molecule has 518 valence electrons. The minimum Gasteiger partial charge on any atom is -0.470 e. The molecule has 0 atom stereocenters. The quantitative estimate of drug-likeness (QED) is 0.155. The first-order valence-electron chi connectivity index (χ1n) is 30.6. The number of carbonyl (C=O) groups is 1. The van der Waals surface area contributed by atoms with Gasteiger partial charge in [0, 0.05) is 189 Å². The number of hydrogen-bond donors (Lipinski definition) is 2. The van der Waals surface area contributed by atoms with Crippen LogP contribution in [-0.2, 0) is 46.6 Å². The summed E-state index contributed by atoms with van der Waals surface area (Å²) in [6.45, 7) is 17.2. The number of hydrogen-bond acceptors (Lipinski definition) is 18. The van der Waals surface area contributed by atoms with Gasteiger partial charge < -0.3 is 27.9 Å². The van der Waals surface area contributed by atoms with Gasteiger partial charge in [-0.15, -0.1) is 22.7 Å². The van der Waals surface area contributed by atoms with E-state index in [-0.39, 0.29) is 5.91 Å². The fourth-order valence-electron chi connectivity index (χ4n) is 5.80. The van der Waals surface area contributed by atoms with Gasteiger partial charge in [-0.3, -0.25) is 43.8 Å². The number of carbonyl (C=O) groups excluding carboxylic acids is 1. The van der Waals surface area contributed by atoms with E-state index in [4.69, 9.17) is 4.42 Å². The Morgan fingerprint density at radius 1 is 0.469 bits per heavy atom. The van der Waals surface area contributed by atoms with Crippen LogP contribution in [0.1, 0.15) is 61.0 Å². The first-order chi connectivity index (χ1) is 47.6. The molecule has 1 amide bonds. The van der Waals surface area contributed by atoms with Gasteiger partial charge in [-0.2, -0.15) is 30.7 Å². The highest BCUT2D eigenvalue weighted by molar-refractivity contribution is 7.09. The summed E-state index contributed by atoms with van der Waals surface area (Å²) in [5.74, 6) is 3.17. The number of thiazole rings is 2. The Bertz CT molecular complexity index is 3290. The number of H-pyrrole nitrogens is 1. The predicted molar refractivity (Wildman–Crippen MR) is 392 cm³/mol. The molecule has 0 spiro atoms. The number of rotatable bonds is 1. The molecule has 0 saturated heterocycles.